The smallest absolute Gasteiger partial charge is 0.496 e. The molecule has 0 aliphatic carbocycles. The van der Waals surface area contributed by atoms with E-state index in [2.05, 4.69) is 53.6 Å². The Morgan fingerprint density at radius 3 is 2.08 bits per heavy atom. The zero-order valence-electron chi connectivity index (χ0n) is 21.3. The fourth-order valence-corrected chi connectivity index (χ4v) is 5.24. The highest BCUT2D eigenvalue weighted by molar-refractivity contribution is 6.50. The molecule has 0 fully saturated rings. The van der Waals surface area contributed by atoms with Crippen LogP contribution in [0.4, 0.5) is 34.3 Å². The van der Waals surface area contributed by atoms with E-state index < -0.39 is 7.25 Å². The summed E-state index contributed by atoms with van der Waals surface area (Å²) in [6.07, 6.45) is 2.04. The van der Waals surface area contributed by atoms with Gasteiger partial charge in [-0.2, -0.15) is 4.57 Å². The first-order valence-corrected chi connectivity index (χ1v) is 12.2. The summed E-state index contributed by atoms with van der Waals surface area (Å²) in [4.78, 5) is 2.41. The molecular formula is C27H30BF4N3O2. The monoisotopic (exact) mass is 515 g/mol. The maximum atomic E-state index is 9.75. The Hall–Kier alpha value is -3.69. The minimum absolute atomic E-state index is 0.790. The van der Waals surface area contributed by atoms with Gasteiger partial charge in [0.05, 0.1) is 36.4 Å². The van der Waals surface area contributed by atoms with Crippen molar-refractivity contribution in [1.29, 1.82) is 0 Å². The molecule has 0 radical (unpaired) electrons. The molecule has 0 saturated carbocycles. The van der Waals surface area contributed by atoms with Crippen LogP contribution >= 0.6 is 0 Å². The van der Waals surface area contributed by atoms with Gasteiger partial charge in [0.25, 0.3) is 0 Å². The van der Waals surface area contributed by atoms with Crippen LogP contribution in [0.3, 0.4) is 0 Å². The summed E-state index contributed by atoms with van der Waals surface area (Å²) in [5.74, 6) is 1.72. The van der Waals surface area contributed by atoms with Gasteiger partial charge < -0.3 is 37.4 Å². The van der Waals surface area contributed by atoms with Crippen LogP contribution in [0.2, 0.25) is 0 Å². The number of nitrogens with zero attached hydrogens (tertiary/aromatic N) is 2. The Morgan fingerprint density at radius 2 is 1.46 bits per heavy atom. The predicted octanol–water partition coefficient (Wildman–Crippen LogP) is 7.12. The molecule has 3 aromatic carbocycles. The fourth-order valence-electron chi connectivity index (χ4n) is 5.24. The quantitative estimate of drug-likeness (QED) is 0.0977. The Bertz CT molecular complexity index is 1450. The van der Waals surface area contributed by atoms with E-state index in [1.54, 1.807) is 14.2 Å². The number of benzene rings is 3. The molecule has 1 aliphatic heterocycles. The first kappa shape index (κ1) is 26.4. The zero-order chi connectivity index (χ0) is 26.9. The molecule has 10 heteroatoms. The van der Waals surface area contributed by atoms with Crippen LogP contribution in [0.5, 0.6) is 11.5 Å². The molecule has 2 N–H and O–H groups in total. The number of fused-ring (bicyclic) bond motifs is 4. The molecule has 2 heterocycles. The molecule has 0 spiro atoms. The van der Waals surface area contributed by atoms with Gasteiger partial charge in [0.1, 0.15) is 23.7 Å². The molecule has 0 amide bonds. The maximum Gasteiger partial charge on any atom is 0.673 e. The second kappa shape index (κ2) is 10.4. The number of nitrogen functional groups attached to an aromatic ring is 1. The van der Waals surface area contributed by atoms with Crippen LogP contribution in [-0.2, 0) is 6.54 Å². The van der Waals surface area contributed by atoms with Crippen molar-refractivity contribution in [2.24, 2.45) is 0 Å². The van der Waals surface area contributed by atoms with E-state index in [0.29, 0.717) is 0 Å². The highest BCUT2D eigenvalue weighted by Gasteiger charge is 2.35. The number of anilines is 3. The van der Waals surface area contributed by atoms with Crippen LogP contribution in [0.1, 0.15) is 26.7 Å². The van der Waals surface area contributed by atoms with Crippen molar-refractivity contribution in [2.45, 2.75) is 33.2 Å². The topological polar surface area (TPSA) is 51.6 Å². The third-order valence-electron chi connectivity index (χ3n) is 6.42. The van der Waals surface area contributed by atoms with Crippen molar-refractivity contribution in [3.05, 3.63) is 48.5 Å². The molecule has 0 atom stereocenters. The lowest BCUT2D eigenvalue weighted by molar-refractivity contribution is -0.644. The predicted molar refractivity (Wildman–Crippen MR) is 142 cm³/mol. The largest absolute Gasteiger partial charge is 0.673 e. The van der Waals surface area contributed by atoms with Gasteiger partial charge in [-0.3, -0.25) is 0 Å². The lowest BCUT2D eigenvalue weighted by Gasteiger charge is -2.34. The Balaban J connectivity index is 0.000000586. The van der Waals surface area contributed by atoms with Crippen molar-refractivity contribution in [2.75, 3.05) is 31.4 Å². The number of methoxy groups -OCH3 is 2. The van der Waals surface area contributed by atoms with E-state index in [-0.39, 0.29) is 0 Å². The summed E-state index contributed by atoms with van der Waals surface area (Å²) in [6, 6.07) is 16.8. The van der Waals surface area contributed by atoms with Crippen LogP contribution in [0.25, 0.3) is 32.9 Å². The van der Waals surface area contributed by atoms with E-state index in [0.717, 1.165) is 76.4 Å². The summed E-state index contributed by atoms with van der Waals surface area (Å²) < 4.78 is 53.2. The van der Waals surface area contributed by atoms with Crippen molar-refractivity contribution in [3.63, 3.8) is 0 Å². The van der Waals surface area contributed by atoms with Crippen molar-refractivity contribution < 1.29 is 31.3 Å². The Labute approximate surface area is 213 Å². The highest BCUT2D eigenvalue weighted by atomic mass is 19.5. The lowest BCUT2D eigenvalue weighted by atomic mass is 9.88. The van der Waals surface area contributed by atoms with Crippen molar-refractivity contribution in [3.8, 4) is 22.6 Å². The highest BCUT2D eigenvalue weighted by Crippen LogP contribution is 2.54. The summed E-state index contributed by atoms with van der Waals surface area (Å²) in [7, 11) is -2.52. The molecule has 1 aromatic heterocycles. The van der Waals surface area contributed by atoms with Crippen molar-refractivity contribution in [1.82, 2.24) is 0 Å². The molecule has 5 rings (SSSR count). The first-order valence-electron chi connectivity index (χ1n) is 12.2. The SMILES string of the molecule is CCCN1c2cccc(OC)c2-c2c3c(OC)cccc3[n+](CCC)c3c(N)ccc1c23.F[B-](F)(F)F. The normalized spacial score (nSPS) is 12.3. The Kier molecular flexibility index (Phi) is 7.38. The van der Waals surface area contributed by atoms with Gasteiger partial charge in [0.2, 0.25) is 11.0 Å². The van der Waals surface area contributed by atoms with E-state index >= 15 is 0 Å². The lowest BCUT2D eigenvalue weighted by Crippen LogP contribution is -2.37. The van der Waals surface area contributed by atoms with Gasteiger partial charge in [0, 0.05) is 30.2 Å². The van der Waals surface area contributed by atoms with E-state index in [1.807, 2.05) is 18.2 Å². The van der Waals surface area contributed by atoms with Gasteiger partial charge in [-0.1, -0.05) is 26.0 Å². The van der Waals surface area contributed by atoms with E-state index in [9.17, 15) is 17.3 Å². The van der Waals surface area contributed by atoms with Gasteiger partial charge >= 0.3 is 7.25 Å². The second-order valence-electron chi connectivity index (χ2n) is 8.78. The number of hydrogen-bond acceptors (Lipinski definition) is 4. The van der Waals surface area contributed by atoms with Crippen LogP contribution in [0.15, 0.2) is 48.5 Å². The van der Waals surface area contributed by atoms with Crippen LogP contribution in [-0.4, -0.2) is 28.0 Å². The van der Waals surface area contributed by atoms with E-state index in [4.69, 9.17) is 15.2 Å². The average molecular weight is 515 g/mol. The van der Waals surface area contributed by atoms with E-state index in [1.165, 1.54) is 11.1 Å². The number of pyridine rings is 1. The average Bonchev–Trinajstić information content (AvgIpc) is 2.86. The number of rotatable bonds is 6. The van der Waals surface area contributed by atoms with Gasteiger partial charge in [-0.15, -0.1) is 0 Å². The molecule has 5 nitrogen and oxygen atoms in total. The number of aromatic nitrogens is 1. The third-order valence-corrected chi connectivity index (χ3v) is 6.42. The molecule has 0 saturated heterocycles. The number of nitrogens with two attached hydrogens (primary N) is 1. The summed E-state index contributed by atoms with van der Waals surface area (Å²) >= 11 is 0. The number of hydrogen-bond donors (Lipinski definition) is 1. The van der Waals surface area contributed by atoms with Crippen LogP contribution in [0, 0.1) is 0 Å². The zero-order valence-corrected chi connectivity index (χ0v) is 21.3. The van der Waals surface area contributed by atoms with Crippen molar-refractivity contribution >= 4 is 46.1 Å². The van der Waals surface area contributed by atoms with Gasteiger partial charge in [0.15, 0.2) is 0 Å². The van der Waals surface area contributed by atoms with Crippen LogP contribution < -0.4 is 24.7 Å². The minimum Gasteiger partial charge on any atom is -0.496 e. The minimum atomic E-state index is -6.00. The molecule has 196 valence electrons. The number of halogens is 4. The Morgan fingerprint density at radius 1 is 0.811 bits per heavy atom. The van der Waals surface area contributed by atoms with Gasteiger partial charge in [-0.25, -0.2) is 0 Å². The number of ether oxygens (including phenoxy) is 2. The standard InChI is InChI=1S/C27H30N3O2.BF4/c1-5-15-29-18-9-7-11-21(31-3)23(18)26-24-19(10-8-12-22(24)32-4)30(16-6-2)27-17(28)13-14-20(29)25(26)27;2-1(3,4)5/h7-14H,5-6,15-16,28H2,1-4H3;/q+1;-1. The van der Waals surface area contributed by atoms with Gasteiger partial charge in [-0.05, 0) is 36.8 Å². The molecule has 0 bridgehead atoms. The summed E-state index contributed by atoms with van der Waals surface area (Å²) in [5, 5.41) is 2.27. The fraction of sp³-hybridized carbons (Fsp3) is 0.296. The molecule has 37 heavy (non-hydrogen) atoms. The molecule has 0 unspecified atom stereocenters. The first-order chi connectivity index (χ1) is 17.7. The second-order valence-corrected chi connectivity index (χ2v) is 8.78. The summed E-state index contributed by atoms with van der Waals surface area (Å²) in [6.45, 7) is 6.20. The number of aryl methyl sites for hydroxylation is 1. The summed E-state index contributed by atoms with van der Waals surface area (Å²) in [5.41, 5.74) is 14.3. The molecule has 1 aliphatic rings. The maximum absolute atomic E-state index is 9.75. The third kappa shape index (κ3) is 4.72. The molecular weight excluding hydrogens is 485 g/mol. The molecule has 4 aromatic rings.